The molecule has 0 aliphatic carbocycles. The molecule has 2 amide bonds. The first-order chi connectivity index (χ1) is 8.60. The summed E-state index contributed by atoms with van der Waals surface area (Å²) in [6.45, 7) is 0.349. The molecule has 9 heteroatoms. The van der Waals surface area contributed by atoms with Gasteiger partial charge in [-0.2, -0.15) is 5.10 Å². The van der Waals surface area contributed by atoms with Crippen molar-refractivity contribution in [2.45, 2.75) is 6.54 Å². The molecule has 0 aliphatic heterocycles. The fraction of sp³-hybridized carbons (Fsp3) is 0.111. The Labute approximate surface area is 106 Å². The van der Waals surface area contributed by atoms with Crippen LogP contribution in [-0.4, -0.2) is 26.6 Å². The summed E-state index contributed by atoms with van der Waals surface area (Å²) in [5.41, 5.74) is 8.09. The highest BCUT2D eigenvalue weighted by Crippen LogP contribution is 2.10. The van der Waals surface area contributed by atoms with E-state index < -0.39 is 11.8 Å². The molecule has 5 N–H and O–H groups in total. The quantitative estimate of drug-likeness (QED) is 0.375. The first-order valence-electron chi connectivity index (χ1n) is 4.87. The molecule has 2 rings (SSSR count). The monoisotopic (exact) mass is 266 g/mol. The summed E-state index contributed by atoms with van der Waals surface area (Å²) in [6.07, 6.45) is 2.90. The van der Waals surface area contributed by atoms with E-state index in [4.69, 9.17) is 11.6 Å². The fourth-order valence-corrected chi connectivity index (χ4v) is 2.00. The maximum Gasteiger partial charge on any atom is 0.294 e. The lowest BCUT2D eigenvalue weighted by Crippen LogP contribution is -2.29. The molecule has 2 aromatic heterocycles. The van der Waals surface area contributed by atoms with Crippen molar-refractivity contribution in [3.05, 3.63) is 34.0 Å². The van der Waals surface area contributed by atoms with E-state index in [0.717, 1.165) is 0 Å². The van der Waals surface area contributed by atoms with Crippen LogP contribution in [0.1, 0.15) is 25.9 Å². The van der Waals surface area contributed by atoms with Gasteiger partial charge in [-0.05, 0) is 0 Å². The smallest absolute Gasteiger partial charge is 0.294 e. The second-order valence-electron chi connectivity index (χ2n) is 3.41. The number of carbonyl (C=O) groups is 2. The van der Waals surface area contributed by atoms with Crippen molar-refractivity contribution >= 4 is 23.2 Å². The SMILES string of the molecule is NNC(=O)c1nc(Cn2cc(C(N)=O)cn2)cs1. The maximum atomic E-state index is 11.2. The number of primary amides is 1. The zero-order valence-electron chi connectivity index (χ0n) is 9.16. The topological polar surface area (TPSA) is 129 Å². The van der Waals surface area contributed by atoms with Crippen LogP contribution in [0.3, 0.4) is 0 Å². The van der Waals surface area contributed by atoms with Gasteiger partial charge in [0.15, 0.2) is 5.01 Å². The molecular formula is C9H10N6O2S. The van der Waals surface area contributed by atoms with Crippen LogP contribution in [-0.2, 0) is 6.54 Å². The number of nitrogens with one attached hydrogen (secondary N) is 1. The molecule has 0 atom stereocenters. The van der Waals surface area contributed by atoms with Crippen LogP contribution in [0, 0.1) is 0 Å². The lowest BCUT2D eigenvalue weighted by Gasteiger charge is -1.96. The lowest BCUT2D eigenvalue weighted by atomic mass is 10.3. The number of hydrogen-bond acceptors (Lipinski definition) is 6. The van der Waals surface area contributed by atoms with Crippen LogP contribution >= 0.6 is 11.3 Å². The van der Waals surface area contributed by atoms with Gasteiger partial charge in [-0.1, -0.05) is 0 Å². The van der Waals surface area contributed by atoms with Crippen LogP contribution in [0.5, 0.6) is 0 Å². The van der Waals surface area contributed by atoms with Crippen LogP contribution < -0.4 is 17.0 Å². The predicted molar refractivity (Wildman–Crippen MR) is 63.6 cm³/mol. The highest BCUT2D eigenvalue weighted by Gasteiger charge is 2.10. The minimum Gasteiger partial charge on any atom is -0.366 e. The van der Waals surface area contributed by atoms with Gasteiger partial charge in [-0.15, -0.1) is 11.3 Å². The van der Waals surface area contributed by atoms with Crippen molar-refractivity contribution in [1.82, 2.24) is 20.2 Å². The molecule has 2 heterocycles. The number of amides is 2. The third kappa shape index (κ3) is 2.52. The third-order valence-corrected chi connectivity index (χ3v) is 3.01. The summed E-state index contributed by atoms with van der Waals surface area (Å²) in [6, 6.07) is 0. The Morgan fingerprint density at radius 3 is 2.89 bits per heavy atom. The molecular weight excluding hydrogens is 256 g/mol. The first-order valence-corrected chi connectivity index (χ1v) is 5.75. The Balaban J connectivity index is 2.11. The van der Waals surface area contributed by atoms with E-state index in [-0.39, 0.29) is 5.01 Å². The lowest BCUT2D eigenvalue weighted by molar-refractivity contribution is 0.0951. The van der Waals surface area contributed by atoms with Crippen LogP contribution in [0.4, 0.5) is 0 Å². The Morgan fingerprint density at radius 2 is 2.28 bits per heavy atom. The van der Waals surface area contributed by atoms with Gasteiger partial charge in [0.25, 0.3) is 11.8 Å². The number of rotatable bonds is 4. The molecule has 0 bridgehead atoms. The molecule has 0 unspecified atom stereocenters. The molecule has 0 saturated carbocycles. The predicted octanol–water partition coefficient (Wildman–Crippen LogP) is -0.910. The van der Waals surface area contributed by atoms with E-state index >= 15 is 0 Å². The Hall–Kier alpha value is -2.26. The van der Waals surface area contributed by atoms with Gasteiger partial charge in [-0.25, -0.2) is 10.8 Å². The highest BCUT2D eigenvalue weighted by atomic mass is 32.1. The van der Waals surface area contributed by atoms with Crippen molar-refractivity contribution in [1.29, 1.82) is 0 Å². The Bertz CT molecular complexity index is 589. The molecule has 0 aromatic carbocycles. The van der Waals surface area contributed by atoms with Gasteiger partial charge in [0, 0.05) is 11.6 Å². The first kappa shape index (κ1) is 12.2. The summed E-state index contributed by atoms with van der Waals surface area (Å²) in [4.78, 5) is 26.2. The van der Waals surface area contributed by atoms with Gasteiger partial charge in [0.05, 0.1) is 24.0 Å². The Kier molecular flexibility index (Phi) is 3.35. The standard InChI is InChI=1S/C9H10N6O2S/c10-7(16)5-1-12-15(2-5)3-6-4-18-9(13-6)8(17)14-11/h1-2,4H,3,11H2,(H2,10,16)(H,14,17). The van der Waals surface area contributed by atoms with Crippen LogP contribution in [0.2, 0.25) is 0 Å². The summed E-state index contributed by atoms with van der Waals surface area (Å²) in [7, 11) is 0. The van der Waals surface area contributed by atoms with Gasteiger partial charge >= 0.3 is 0 Å². The normalized spacial score (nSPS) is 10.3. The van der Waals surface area contributed by atoms with Crippen molar-refractivity contribution in [2.75, 3.05) is 0 Å². The van der Waals surface area contributed by atoms with Crippen LogP contribution in [0.25, 0.3) is 0 Å². The second kappa shape index (κ2) is 4.94. The van der Waals surface area contributed by atoms with Crippen molar-refractivity contribution in [3.8, 4) is 0 Å². The molecule has 0 radical (unpaired) electrons. The number of hydrogen-bond donors (Lipinski definition) is 3. The molecule has 0 spiro atoms. The van der Waals surface area contributed by atoms with E-state index in [0.29, 0.717) is 17.8 Å². The summed E-state index contributed by atoms with van der Waals surface area (Å²) in [5, 5.41) is 5.95. The average molecular weight is 266 g/mol. The van der Waals surface area contributed by atoms with Crippen molar-refractivity contribution < 1.29 is 9.59 Å². The van der Waals surface area contributed by atoms with Crippen molar-refractivity contribution in [2.24, 2.45) is 11.6 Å². The zero-order chi connectivity index (χ0) is 13.1. The van der Waals surface area contributed by atoms with Gasteiger partial charge < -0.3 is 5.73 Å². The third-order valence-electron chi connectivity index (χ3n) is 2.12. The molecule has 8 nitrogen and oxygen atoms in total. The van der Waals surface area contributed by atoms with E-state index in [1.165, 1.54) is 28.4 Å². The molecule has 0 saturated heterocycles. The van der Waals surface area contributed by atoms with Crippen molar-refractivity contribution in [3.63, 3.8) is 0 Å². The second-order valence-corrected chi connectivity index (χ2v) is 4.27. The van der Waals surface area contributed by atoms with E-state index in [1.54, 1.807) is 5.38 Å². The largest absolute Gasteiger partial charge is 0.366 e. The number of thiazole rings is 1. The van der Waals surface area contributed by atoms with Gasteiger partial charge in [0.2, 0.25) is 0 Å². The fourth-order valence-electron chi connectivity index (χ4n) is 1.29. The highest BCUT2D eigenvalue weighted by molar-refractivity contribution is 7.11. The molecule has 18 heavy (non-hydrogen) atoms. The molecule has 2 aromatic rings. The number of nitrogen functional groups attached to an aromatic ring is 1. The number of hydrazine groups is 1. The van der Waals surface area contributed by atoms with E-state index in [2.05, 4.69) is 10.1 Å². The molecule has 0 aliphatic rings. The molecule has 94 valence electrons. The molecule has 0 fully saturated rings. The summed E-state index contributed by atoms with van der Waals surface area (Å²) < 4.78 is 1.51. The zero-order valence-corrected chi connectivity index (χ0v) is 9.98. The summed E-state index contributed by atoms with van der Waals surface area (Å²) >= 11 is 1.18. The van der Waals surface area contributed by atoms with Crippen LogP contribution in [0.15, 0.2) is 17.8 Å². The number of carbonyl (C=O) groups excluding carboxylic acids is 2. The number of nitrogens with two attached hydrogens (primary N) is 2. The van der Waals surface area contributed by atoms with Gasteiger partial charge in [0.1, 0.15) is 0 Å². The van der Waals surface area contributed by atoms with E-state index in [1.807, 2.05) is 5.43 Å². The number of aromatic nitrogens is 3. The maximum absolute atomic E-state index is 11.2. The summed E-state index contributed by atoms with van der Waals surface area (Å²) in [5.74, 6) is 4.02. The Morgan fingerprint density at radius 1 is 1.50 bits per heavy atom. The van der Waals surface area contributed by atoms with E-state index in [9.17, 15) is 9.59 Å². The van der Waals surface area contributed by atoms with Gasteiger partial charge in [-0.3, -0.25) is 19.7 Å². The average Bonchev–Trinajstić information content (AvgIpc) is 2.98. The minimum absolute atomic E-state index is 0.273. The number of nitrogens with zero attached hydrogens (tertiary/aromatic N) is 3. The minimum atomic E-state index is -0.539.